The van der Waals surface area contributed by atoms with Crippen molar-refractivity contribution >= 4 is 11.9 Å². The number of aliphatic carboxylic acids is 1. The minimum atomic E-state index is -5.01. The van der Waals surface area contributed by atoms with Crippen LogP contribution in [0.3, 0.4) is 0 Å². The predicted octanol–water partition coefficient (Wildman–Crippen LogP) is 1.01. The van der Waals surface area contributed by atoms with Crippen LogP contribution < -0.4 is 0 Å². The van der Waals surface area contributed by atoms with Gasteiger partial charge in [-0.2, -0.15) is 13.2 Å². The highest BCUT2D eigenvalue weighted by atomic mass is 19.4. The number of nitrogens with zero attached hydrogens (tertiary/aromatic N) is 1. The summed E-state index contributed by atoms with van der Waals surface area (Å²) in [4.78, 5) is 21.9. The lowest BCUT2D eigenvalue weighted by molar-refractivity contribution is -0.190. The first-order valence-corrected chi connectivity index (χ1v) is 4.37. The van der Waals surface area contributed by atoms with Gasteiger partial charge in [-0.15, -0.1) is 0 Å². The highest BCUT2D eigenvalue weighted by Crippen LogP contribution is 2.32. The summed E-state index contributed by atoms with van der Waals surface area (Å²) < 4.78 is 36.4. The zero-order chi connectivity index (χ0) is 11.8. The number of amides is 1. The molecule has 1 saturated carbocycles. The maximum absolute atomic E-state index is 12.1. The van der Waals surface area contributed by atoms with Gasteiger partial charge in [-0.1, -0.05) is 0 Å². The third-order valence-corrected chi connectivity index (χ3v) is 2.19. The molecule has 15 heavy (non-hydrogen) atoms. The molecule has 1 rings (SSSR count). The molecule has 1 unspecified atom stereocenters. The molecule has 1 aliphatic carbocycles. The summed E-state index contributed by atoms with van der Waals surface area (Å²) in [5.41, 5.74) is 0. The molecule has 1 atom stereocenters. The SMILES string of the molecule is CC(C(=O)O)N(C(=O)C(F)(F)F)C1CC1. The quantitative estimate of drug-likeness (QED) is 0.779. The van der Waals surface area contributed by atoms with E-state index in [1.807, 2.05) is 0 Å². The largest absolute Gasteiger partial charge is 0.480 e. The van der Waals surface area contributed by atoms with Crippen molar-refractivity contribution in [3.05, 3.63) is 0 Å². The van der Waals surface area contributed by atoms with E-state index >= 15 is 0 Å². The van der Waals surface area contributed by atoms with Gasteiger partial charge in [0.1, 0.15) is 6.04 Å². The number of carbonyl (C=O) groups excluding carboxylic acids is 1. The summed E-state index contributed by atoms with van der Waals surface area (Å²) >= 11 is 0. The minimum absolute atomic E-state index is 0.405. The lowest BCUT2D eigenvalue weighted by Gasteiger charge is -2.27. The highest BCUT2D eigenvalue weighted by Gasteiger charge is 2.49. The summed E-state index contributed by atoms with van der Waals surface area (Å²) in [5, 5.41) is 8.58. The molecule has 0 aromatic heterocycles. The Hall–Kier alpha value is -1.27. The molecule has 1 N–H and O–H groups in total. The van der Waals surface area contributed by atoms with E-state index in [1.165, 1.54) is 0 Å². The second kappa shape index (κ2) is 3.71. The second-order valence-electron chi connectivity index (χ2n) is 3.46. The highest BCUT2D eigenvalue weighted by molar-refractivity contribution is 5.87. The molecule has 0 saturated heterocycles. The first-order chi connectivity index (χ1) is 6.75. The fourth-order valence-electron chi connectivity index (χ4n) is 1.28. The smallest absolute Gasteiger partial charge is 0.471 e. The van der Waals surface area contributed by atoms with Crippen molar-refractivity contribution in [3.8, 4) is 0 Å². The van der Waals surface area contributed by atoms with Gasteiger partial charge in [0.05, 0.1) is 0 Å². The van der Waals surface area contributed by atoms with Gasteiger partial charge >= 0.3 is 18.1 Å². The van der Waals surface area contributed by atoms with Gasteiger partial charge in [0.15, 0.2) is 0 Å². The van der Waals surface area contributed by atoms with E-state index in [0.717, 1.165) is 6.92 Å². The molecule has 0 bridgehead atoms. The molecule has 1 amide bonds. The number of hydrogen-bond donors (Lipinski definition) is 1. The lowest BCUT2D eigenvalue weighted by atomic mass is 10.2. The van der Waals surface area contributed by atoms with Crippen LogP contribution in [0.4, 0.5) is 13.2 Å². The first kappa shape index (κ1) is 11.8. The molecule has 4 nitrogen and oxygen atoms in total. The summed E-state index contributed by atoms with van der Waals surface area (Å²) in [6.45, 7) is 1.07. The molecule has 0 heterocycles. The fourth-order valence-corrected chi connectivity index (χ4v) is 1.28. The Kier molecular flexibility index (Phi) is 2.92. The number of rotatable bonds is 3. The average Bonchev–Trinajstić information content (AvgIpc) is 2.86. The number of hydrogen-bond acceptors (Lipinski definition) is 2. The van der Waals surface area contributed by atoms with Crippen LogP contribution in [0.5, 0.6) is 0 Å². The molecular formula is C8H10F3NO3. The normalized spacial score (nSPS) is 18.4. The molecule has 0 aliphatic heterocycles. The van der Waals surface area contributed by atoms with E-state index < -0.39 is 30.1 Å². The van der Waals surface area contributed by atoms with E-state index in [-0.39, 0.29) is 0 Å². The maximum Gasteiger partial charge on any atom is 0.471 e. The molecule has 1 aliphatic rings. The number of carboxylic acid groups (broad SMARTS) is 1. The van der Waals surface area contributed by atoms with Crippen LogP contribution in [-0.4, -0.2) is 40.1 Å². The van der Waals surface area contributed by atoms with Crippen molar-refractivity contribution in [1.29, 1.82) is 0 Å². The van der Waals surface area contributed by atoms with Crippen LogP contribution in [0.2, 0.25) is 0 Å². The first-order valence-electron chi connectivity index (χ1n) is 4.37. The monoisotopic (exact) mass is 225 g/mol. The fraction of sp³-hybridized carbons (Fsp3) is 0.750. The maximum atomic E-state index is 12.1. The van der Waals surface area contributed by atoms with Gasteiger partial charge in [-0.25, -0.2) is 4.79 Å². The number of alkyl halides is 3. The zero-order valence-corrected chi connectivity index (χ0v) is 7.91. The van der Waals surface area contributed by atoms with Gasteiger partial charge in [0.2, 0.25) is 0 Å². The Morgan fingerprint density at radius 2 is 1.87 bits per heavy atom. The second-order valence-corrected chi connectivity index (χ2v) is 3.46. The van der Waals surface area contributed by atoms with Gasteiger partial charge in [-0.3, -0.25) is 4.79 Å². The van der Waals surface area contributed by atoms with Crippen LogP contribution in [0.25, 0.3) is 0 Å². The Balaban J connectivity index is 2.83. The predicted molar refractivity (Wildman–Crippen MR) is 43.0 cm³/mol. The molecular weight excluding hydrogens is 215 g/mol. The summed E-state index contributed by atoms with van der Waals surface area (Å²) in [6, 6.07) is -2.02. The number of halogens is 3. The molecule has 0 spiro atoms. The van der Waals surface area contributed by atoms with Gasteiger partial charge < -0.3 is 10.0 Å². The van der Waals surface area contributed by atoms with E-state index in [9.17, 15) is 22.8 Å². The van der Waals surface area contributed by atoms with Crippen LogP contribution in [0, 0.1) is 0 Å². The van der Waals surface area contributed by atoms with E-state index in [2.05, 4.69) is 0 Å². The topological polar surface area (TPSA) is 57.6 Å². The van der Waals surface area contributed by atoms with Crippen molar-refractivity contribution in [2.45, 2.75) is 38.0 Å². The average molecular weight is 225 g/mol. The van der Waals surface area contributed by atoms with Gasteiger partial charge in [0, 0.05) is 6.04 Å². The Bertz CT molecular complexity index is 285. The van der Waals surface area contributed by atoms with Crippen molar-refractivity contribution in [1.82, 2.24) is 4.90 Å². The van der Waals surface area contributed by atoms with E-state index in [1.54, 1.807) is 0 Å². The molecule has 1 fully saturated rings. The third kappa shape index (κ3) is 2.60. The Morgan fingerprint density at radius 1 is 1.40 bits per heavy atom. The number of carbonyl (C=O) groups is 2. The molecule has 0 aromatic rings. The minimum Gasteiger partial charge on any atom is -0.480 e. The standard InChI is InChI=1S/C8H10F3NO3/c1-4(6(13)14)12(5-2-3-5)7(15)8(9,10)11/h4-5H,2-3H2,1H3,(H,13,14). The zero-order valence-electron chi connectivity index (χ0n) is 7.91. The molecule has 86 valence electrons. The number of carboxylic acids is 1. The Morgan fingerprint density at radius 3 is 2.13 bits per heavy atom. The van der Waals surface area contributed by atoms with Crippen molar-refractivity contribution in [2.75, 3.05) is 0 Å². The van der Waals surface area contributed by atoms with Crippen LogP contribution in [-0.2, 0) is 9.59 Å². The summed E-state index contributed by atoms with van der Waals surface area (Å²) in [5.74, 6) is -3.50. The van der Waals surface area contributed by atoms with E-state index in [0.29, 0.717) is 17.7 Å². The van der Waals surface area contributed by atoms with Crippen LogP contribution >= 0.6 is 0 Å². The molecule has 0 aromatic carbocycles. The van der Waals surface area contributed by atoms with Gasteiger partial charge in [0.25, 0.3) is 0 Å². The summed E-state index contributed by atoms with van der Waals surface area (Å²) in [6.07, 6.45) is -4.15. The molecule has 7 heteroatoms. The van der Waals surface area contributed by atoms with Crippen molar-refractivity contribution in [3.63, 3.8) is 0 Å². The van der Waals surface area contributed by atoms with E-state index in [4.69, 9.17) is 5.11 Å². The molecule has 0 radical (unpaired) electrons. The van der Waals surface area contributed by atoms with Crippen LogP contribution in [0.15, 0.2) is 0 Å². The van der Waals surface area contributed by atoms with Gasteiger partial charge in [-0.05, 0) is 19.8 Å². The third-order valence-electron chi connectivity index (χ3n) is 2.19. The Labute approximate surface area is 83.7 Å². The van der Waals surface area contributed by atoms with Crippen molar-refractivity contribution in [2.24, 2.45) is 0 Å². The summed E-state index contributed by atoms with van der Waals surface area (Å²) in [7, 11) is 0. The lowest BCUT2D eigenvalue weighted by Crippen LogP contribution is -2.50. The van der Waals surface area contributed by atoms with Crippen molar-refractivity contribution < 1.29 is 27.9 Å². The van der Waals surface area contributed by atoms with Crippen LogP contribution in [0.1, 0.15) is 19.8 Å².